The summed E-state index contributed by atoms with van der Waals surface area (Å²) in [7, 11) is 0. The van der Waals surface area contributed by atoms with Crippen LogP contribution in [0.4, 0.5) is 4.79 Å². The fourth-order valence-electron chi connectivity index (χ4n) is 4.37. The van der Waals surface area contributed by atoms with E-state index in [2.05, 4.69) is 10.6 Å². The number of rotatable bonds is 5. The predicted molar refractivity (Wildman–Crippen MR) is 101 cm³/mol. The highest BCUT2D eigenvalue weighted by Crippen LogP contribution is 2.38. The molecule has 4 amide bonds. The number of aryl methyl sites for hydroxylation is 2. The van der Waals surface area contributed by atoms with Crippen molar-refractivity contribution in [3.05, 3.63) is 23.2 Å². The summed E-state index contributed by atoms with van der Waals surface area (Å²) < 4.78 is 5.44. The number of amides is 4. The highest BCUT2D eigenvalue weighted by atomic mass is 16.3. The minimum Gasteiger partial charge on any atom is -0.466 e. The molecule has 1 aromatic heterocycles. The van der Waals surface area contributed by atoms with Gasteiger partial charge in [0.2, 0.25) is 5.91 Å². The summed E-state index contributed by atoms with van der Waals surface area (Å²) in [6.45, 7) is 6.65. The van der Waals surface area contributed by atoms with Gasteiger partial charge in [0.15, 0.2) is 0 Å². The van der Waals surface area contributed by atoms with Gasteiger partial charge in [-0.3, -0.25) is 14.5 Å². The average molecular weight is 391 g/mol. The monoisotopic (exact) mass is 391 g/mol. The Morgan fingerprint density at radius 1 is 1.43 bits per heavy atom. The molecule has 0 aromatic carbocycles. The van der Waals surface area contributed by atoms with Crippen molar-refractivity contribution >= 4 is 17.8 Å². The van der Waals surface area contributed by atoms with Gasteiger partial charge in [0.1, 0.15) is 29.2 Å². The second-order valence-electron chi connectivity index (χ2n) is 8.32. The standard InChI is InChI=1S/C20H29N3O5/c1-12-7-5-6-8-20(12)17(25)23(18(26)22-20)10-16(24)21-11-19(4,27)15-9-13(2)28-14(15)3/h9,12,27H,5-8,10-11H2,1-4H3,(H,21,24)(H,22,26)/t12-,19-,20+/m1/s1. The van der Waals surface area contributed by atoms with E-state index >= 15 is 0 Å². The molecule has 0 unspecified atom stereocenters. The molecule has 0 bridgehead atoms. The lowest BCUT2D eigenvalue weighted by molar-refractivity contribution is -0.137. The molecule has 1 saturated heterocycles. The van der Waals surface area contributed by atoms with Crippen LogP contribution in [0.5, 0.6) is 0 Å². The predicted octanol–water partition coefficient (Wildman–Crippen LogP) is 1.72. The Bertz CT molecular complexity index is 800. The van der Waals surface area contributed by atoms with E-state index in [4.69, 9.17) is 4.42 Å². The summed E-state index contributed by atoms with van der Waals surface area (Å²) >= 11 is 0. The Kier molecular flexibility index (Phi) is 5.27. The first-order valence-electron chi connectivity index (χ1n) is 9.77. The van der Waals surface area contributed by atoms with Crippen molar-refractivity contribution in [2.45, 2.75) is 64.5 Å². The lowest BCUT2D eigenvalue weighted by Crippen LogP contribution is -2.54. The van der Waals surface area contributed by atoms with Gasteiger partial charge < -0.3 is 20.2 Å². The van der Waals surface area contributed by atoms with Crippen molar-refractivity contribution in [2.24, 2.45) is 5.92 Å². The molecule has 1 saturated carbocycles. The van der Waals surface area contributed by atoms with Crippen LogP contribution >= 0.6 is 0 Å². The van der Waals surface area contributed by atoms with Crippen LogP contribution in [-0.2, 0) is 15.2 Å². The van der Waals surface area contributed by atoms with Crippen LogP contribution in [0.1, 0.15) is 56.6 Å². The maximum atomic E-state index is 12.9. The van der Waals surface area contributed by atoms with Gasteiger partial charge in [-0.25, -0.2) is 4.79 Å². The van der Waals surface area contributed by atoms with Crippen LogP contribution in [0.3, 0.4) is 0 Å². The zero-order chi connectivity index (χ0) is 20.7. The number of furan rings is 1. The number of urea groups is 1. The van der Waals surface area contributed by atoms with Gasteiger partial charge in [0, 0.05) is 5.56 Å². The van der Waals surface area contributed by atoms with Crippen molar-refractivity contribution in [3.8, 4) is 0 Å². The van der Waals surface area contributed by atoms with E-state index < -0.39 is 23.1 Å². The second-order valence-corrected chi connectivity index (χ2v) is 8.32. The molecule has 3 N–H and O–H groups in total. The van der Waals surface area contributed by atoms with E-state index in [1.807, 2.05) is 6.92 Å². The highest BCUT2D eigenvalue weighted by molar-refractivity contribution is 6.09. The largest absolute Gasteiger partial charge is 0.466 e. The van der Waals surface area contributed by atoms with Crippen molar-refractivity contribution in [2.75, 3.05) is 13.1 Å². The number of carbonyl (C=O) groups is 3. The minimum absolute atomic E-state index is 0.0406. The van der Waals surface area contributed by atoms with E-state index in [1.54, 1.807) is 26.8 Å². The minimum atomic E-state index is -1.33. The summed E-state index contributed by atoms with van der Waals surface area (Å²) in [5, 5.41) is 16.1. The number of carbonyl (C=O) groups excluding carboxylic acids is 3. The fraction of sp³-hybridized carbons (Fsp3) is 0.650. The SMILES string of the molecule is Cc1cc([C@](C)(O)CNC(=O)CN2C(=O)N[C@]3(CCCC[C@H]3C)C2=O)c(C)o1. The molecular formula is C20H29N3O5. The van der Waals surface area contributed by atoms with Crippen LogP contribution in [-0.4, -0.2) is 46.5 Å². The molecule has 1 aliphatic carbocycles. The Morgan fingerprint density at radius 2 is 2.14 bits per heavy atom. The van der Waals surface area contributed by atoms with Crippen molar-refractivity contribution in [3.63, 3.8) is 0 Å². The maximum Gasteiger partial charge on any atom is 0.325 e. The third kappa shape index (κ3) is 3.53. The fourth-order valence-corrected chi connectivity index (χ4v) is 4.37. The second kappa shape index (κ2) is 7.24. The van der Waals surface area contributed by atoms with Crippen LogP contribution < -0.4 is 10.6 Å². The Hall–Kier alpha value is -2.35. The molecule has 0 radical (unpaired) electrons. The Labute approximate surface area is 164 Å². The molecule has 8 heteroatoms. The van der Waals surface area contributed by atoms with Crippen molar-refractivity contribution in [1.29, 1.82) is 0 Å². The average Bonchev–Trinajstić information content (AvgIpc) is 3.08. The first-order valence-corrected chi connectivity index (χ1v) is 9.77. The Balaban J connectivity index is 1.62. The van der Waals surface area contributed by atoms with E-state index in [9.17, 15) is 19.5 Å². The van der Waals surface area contributed by atoms with Gasteiger partial charge in [-0.15, -0.1) is 0 Å². The zero-order valence-electron chi connectivity index (χ0n) is 16.9. The summed E-state index contributed by atoms with van der Waals surface area (Å²) in [6.07, 6.45) is 3.39. The van der Waals surface area contributed by atoms with Gasteiger partial charge in [0.05, 0.1) is 6.54 Å². The van der Waals surface area contributed by atoms with E-state index in [0.29, 0.717) is 23.5 Å². The van der Waals surface area contributed by atoms with E-state index in [-0.39, 0.29) is 24.9 Å². The van der Waals surface area contributed by atoms with Crippen LogP contribution in [0.15, 0.2) is 10.5 Å². The number of imide groups is 1. The third-order valence-corrected chi connectivity index (χ3v) is 6.05. The van der Waals surface area contributed by atoms with Gasteiger partial charge in [0.25, 0.3) is 5.91 Å². The van der Waals surface area contributed by atoms with Gasteiger partial charge in [-0.05, 0) is 45.6 Å². The van der Waals surface area contributed by atoms with Crippen molar-refractivity contribution < 1.29 is 23.9 Å². The lowest BCUT2D eigenvalue weighted by Gasteiger charge is -2.36. The van der Waals surface area contributed by atoms with Crippen LogP contribution in [0.2, 0.25) is 0 Å². The Morgan fingerprint density at radius 3 is 2.75 bits per heavy atom. The summed E-state index contributed by atoms with van der Waals surface area (Å²) in [4.78, 5) is 38.6. The molecule has 2 fully saturated rings. The topological polar surface area (TPSA) is 112 Å². The number of nitrogens with zero attached hydrogens (tertiary/aromatic N) is 1. The maximum absolute atomic E-state index is 12.9. The van der Waals surface area contributed by atoms with Gasteiger partial charge >= 0.3 is 6.03 Å². The normalized spacial score (nSPS) is 27.0. The molecule has 3 rings (SSSR count). The molecule has 2 aliphatic rings. The summed E-state index contributed by atoms with van der Waals surface area (Å²) in [5.74, 6) is 0.471. The summed E-state index contributed by atoms with van der Waals surface area (Å²) in [5.41, 5.74) is -1.62. The van der Waals surface area contributed by atoms with Crippen LogP contribution in [0.25, 0.3) is 0 Å². The van der Waals surface area contributed by atoms with E-state index in [0.717, 1.165) is 24.2 Å². The number of hydrogen-bond acceptors (Lipinski definition) is 5. The van der Waals surface area contributed by atoms with E-state index in [1.165, 1.54) is 0 Å². The summed E-state index contributed by atoms with van der Waals surface area (Å²) in [6, 6.07) is 1.20. The molecule has 154 valence electrons. The highest BCUT2D eigenvalue weighted by Gasteiger charge is 2.55. The van der Waals surface area contributed by atoms with Gasteiger partial charge in [-0.1, -0.05) is 19.8 Å². The lowest BCUT2D eigenvalue weighted by atomic mass is 9.73. The number of nitrogens with one attached hydrogen (secondary N) is 2. The molecule has 3 atom stereocenters. The number of hydrogen-bond donors (Lipinski definition) is 3. The molecule has 28 heavy (non-hydrogen) atoms. The molecule has 2 heterocycles. The molecule has 8 nitrogen and oxygen atoms in total. The molecule has 1 spiro atoms. The first-order chi connectivity index (χ1) is 13.1. The first kappa shape index (κ1) is 20.4. The molecule has 1 aromatic rings. The van der Waals surface area contributed by atoms with Crippen LogP contribution in [0, 0.1) is 19.8 Å². The number of aliphatic hydroxyl groups is 1. The smallest absolute Gasteiger partial charge is 0.325 e. The molecular weight excluding hydrogens is 362 g/mol. The van der Waals surface area contributed by atoms with Crippen molar-refractivity contribution in [1.82, 2.24) is 15.5 Å². The van der Waals surface area contributed by atoms with Gasteiger partial charge in [-0.2, -0.15) is 0 Å². The quantitative estimate of drug-likeness (QED) is 0.662. The third-order valence-electron chi connectivity index (χ3n) is 6.05. The molecule has 1 aliphatic heterocycles. The zero-order valence-corrected chi connectivity index (χ0v) is 16.9.